The van der Waals surface area contributed by atoms with Crippen molar-refractivity contribution in [1.82, 2.24) is 15.5 Å². The lowest BCUT2D eigenvalue weighted by Gasteiger charge is -2.10. The van der Waals surface area contributed by atoms with Gasteiger partial charge in [-0.25, -0.2) is 0 Å². The Hall–Kier alpha value is -1.43. The molecule has 1 heterocycles. The van der Waals surface area contributed by atoms with Crippen LogP contribution < -0.4 is 10.6 Å². The number of aromatic nitrogens is 2. The molecule has 154 valence electrons. The Kier molecular flexibility index (Phi) is 9.96. The zero-order valence-electron chi connectivity index (χ0n) is 15.5. The third-order valence-electron chi connectivity index (χ3n) is 3.35. The van der Waals surface area contributed by atoms with Gasteiger partial charge in [0.2, 0.25) is 11.0 Å². The maximum Gasteiger partial charge on any atom is 0.288 e. The maximum atomic E-state index is 12.3. The molecular formula is C17H22F2N4O2S3. The van der Waals surface area contributed by atoms with Crippen LogP contribution in [0.3, 0.4) is 0 Å². The third kappa shape index (κ3) is 8.29. The SMILES string of the molecule is CCOCCCNC(=O)C(C)Sc1nnc(Nc2ccc(SC(F)F)cc2)s1. The van der Waals surface area contributed by atoms with Crippen molar-refractivity contribution in [3.8, 4) is 0 Å². The summed E-state index contributed by atoms with van der Waals surface area (Å²) in [5, 5.41) is 14.4. The van der Waals surface area contributed by atoms with E-state index < -0.39 is 5.76 Å². The fourth-order valence-corrected chi connectivity index (χ4v) is 4.47. The minimum absolute atomic E-state index is 0.0571. The fourth-order valence-electron chi connectivity index (χ4n) is 2.03. The number of ether oxygens (including phenoxy) is 1. The van der Waals surface area contributed by atoms with Crippen LogP contribution in [0.1, 0.15) is 20.3 Å². The Morgan fingerprint density at radius 3 is 2.68 bits per heavy atom. The van der Waals surface area contributed by atoms with Crippen LogP contribution in [0.15, 0.2) is 33.5 Å². The average Bonchev–Trinajstić information content (AvgIpc) is 3.09. The summed E-state index contributed by atoms with van der Waals surface area (Å²) < 4.78 is 30.6. The summed E-state index contributed by atoms with van der Waals surface area (Å²) >= 11 is 3.16. The predicted molar refractivity (Wildman–Crippen MR) is 111 cm³/mol. The van der Waals surface area contributed by atoms with Gasteiger partial charge in [-0.05, 0) is 44.5 Å². The number of hydrogen-bond donors (Lipinski definition) is 2. The van der Waals surface area contributed by atoms with Gasteiger partial charge in [0.05, 0.1) is 5.25 Å². The van der Waals surface area contributed by atoms with E-state index in [9.17, 15) is 13.6 Å². The van der Waals surface area contributed by atoms with Crippen molar-refractivity contribution in [2.24, 2.45) is 0 Å². The number of benzene rings is 1. The number of carbonyl (C=O) groups excluding carboxylic acids is 1. The lowest BCUT2D eigenvalue weighted by Crippen LogP contribution is -2.32. The van der Waals surface area contributed by atoms with Crippen LogP contribution in [0.5, 0.6) is 0 Å². The number of nitrogens with one attached hydrogen (secondary N) is 2. The Morgan fingerprint density at radius 2 is 2.00 bits per heavy atom. The summed E-state index contributed by atoms with van der Waals surface area (Å²) in [5.41, 5.74) is 0.728. The second-order valence-corrected chi connectivity index (χ2v) is 9.13. The highest BCUT2D eigenvalue weighted by molar-refractivity contribution is 8.02. The van der Waals surface area contributed by atoms with Crippen LogP contribution in [0, 0.1) is 0 Å². The number of thioether (sulfide) groups is 2. The number of rotatable bonds is 12. The van der Waals surface area contributed by atoms with Gasteiger partial charge in [0.25, 0.3) is 5.76 Å². The summed E-state index contributed by atoms with van der Waals surface area (Å²) in [6, 6.07) is 6.65. The van der Waals surface area contributed by atoms with Crippen molar-refractivity contribution >= 4 is 51.6 Å². The van der Waals surface area contributed by atoms with Gasteiger partial charge in [0.1, 0.15) is 0 Å². The molecule has 0 radical (unpaired) electrons. The highest BCUT2D eigenvalue weighted by atomic mass is 32.2. The molecule has 28 heavy (non-hydrogen) atoms. The van der Waals surface area contributed by atoms with E-state index in [2.05, 4.69) is 20.8 Å². The topological polar surface area (TPSA) is 76.1 Å². The predicted octanol–water partition coefficient (Wildman–Crippen LogP) is 4.62. The van der Waals surface area contributed by atoms with Crippen LogP contribution >= 0.6 is 34.9 Å². The van der Waals surface area contributed by atoms with Crippen molar-refractivity contribution in [1.29, 1.82) is 0 Å². The van der Waals surface area contributed by atoms with Gasteiger partial charge < -0.3 is 15.4 Å². The smallest absolute Gasteiger partial charge is 0.288 e. The van der Waals surface area contributed by atoms with Crippen molar-refractivity contribution in [2.45, 2.75) is 40.5 Å². The first-order valence-electron chi connectivity index (χ1n) is 8.65. The molecule has 0 aliphatic carbocycles. The van der Waals surface area contributed by atoms with Gasteiger partial charge in [0.15, 0.2) is 4.34 Å². The van der Waals surface area contributed by atoms with Gasteiger partial charge in [0, 0.05) is 30.3 Å². The van der Waals surface area contributed by atoms with Crippen molar-refractivity contribution in [3.05, 3.63) is 24.3 Å². The number of amides is 1. The first-order valence-corrected chi connectivity index (χ1v) is 11.2. The molecule has 6 nitrogen and oxygen atoms in total. The molecule has 1 amide bonds. The van der Waals surface area contributed by atoms with Crippen LogP contribution in [0.25, 0.3) is 0 Å². The molecule has 0 saturated heterocycles. The molecule has 2 N–H and O–H groups in total. The zero-order valence-corrected chi connectivity index (χ0v) is 17.9. The van der Waals surface area contributed by atoms with Crippen molar-refractivity contribution in [2.75, 3.05) is 25.1 Å². The van der Waals surface area contributed by atoms with Crippen LogP contribution in [0.4, 0.5) is 19.6 Å². The highest BCUT2D eigenvalue weighted by Gasteiger charge is 2.17. The molecule has 1 aromatic heterocycles. The molecule has 0 spiro atoms. The number of carbonyl (C=O) groups is 1. The number of nitrogens with zero attached hydrogens (tertiary/aromatic N) is 2. The van der Waals surface area contributed by atoms with E-state index in [-0.39, 0.29) is 11.2 Å². The van der Waals surface area contributed by atoms with E-state index >= 15 is 0 Å². The summed E-state index contributed by atoms with van der Waals surface area (Å²) in [7, 11) is 0. The lowest BCUT2D eigenvalue weighted by atomic mass is 10.3. The van der Waals surface area contributed by atoms with Crippen LogP contribution in [-0.4, -0.2) is 46.9 Å². The lowest BCUT2D eigenvalue weighted by molar-refractivity contribution is -0.120. The minimum atomic E-state index is -2.44. The molecule has 0 fully saturated rings. The average molecular weight is 449 g/mol. The summed E-state index contributed by atoms with van der Waals surface area (Å²) in [6.07, 6.45) is 0.776. The molecule has 1 unspecified atom stereocenters. The monoisotopic (exact) mass is 448 g/mol. The van der Waals surface area contributed by atoms with Crippen molar-refractivity contribution < 1.29 is 18.3 Å². The molecule has 0 saturated carbocycles. The standard InChI is InChI=1S/C17H22F2N4O2S3/c1-3-25-10-4-9-20-14(24)11(2)26-17-23-22-16(28-17)21-12-5-7-13(8-6-12)27-15(18)19/h5-8,11,15H,3-4,9-10H2,1-2H3,(H,20,24)(H,21,22). The molecule has 11 heteroatoms. The van der Waals surface area contributed by atoms with E-state index in [1.165, 1.54) is 23.1 Å². The number of halogens is 2. The maximum absolute atomic E-state index is 12.3. The molecule has 0 aliphatic rings. The number of anilines is 2. The summed E-state index contributed by atoms with van der Waals surface area (Å²) in [5.74, 6) is -2.50. The molecule has 1 atom stereocenters. The van der Waals surface area contributed by atoms with E-state index in [0.29, 0.717) is 45.9 Å². The van der Waals surface area contributed by atoms with Gasteiger partial charge in [-0.1, -0.05) is 34.9 Å². The van der Waals surface area contributed by atoms with E-state index in [0.717, 1.165) is 12.1 Å². The normalized spacial score (nSPS) is 12.2. The summed E-state index contributed by atoms with van der Waals surface area (Å²) in [6.45, 7) is 5.63. The molecule has 0 bridgehead atoms. The van der Waals surface area contributed by atoms with Crippen molar-refractivity contribution in [3.63, 3.8) is 0 Å². The Labute approximate surface area is 175 Å². The Bertz CT molecular complexity index is 731. The first kappa shape index (κ1) is 22.9. The largest absolute Gasteiger partial charge is 0.382 e. The number of alkyl halides is 2. The third-order valence-corrected chi connectivity index (χ3v) is 6.10. The zero-order chi connectivity index (χ0) is 20.4. The number of hydrogen-bond acceptors (Lipinski definition) is 8. The van der Waals surface area contributed by atoms with Crippen LogP contribution in [-0.2, 0) is 9.53 Å². The van der Waals surface area contributed by atoms with E-state index in [1.54, 1.807) is 24.3 Å². The molecule has 2 aromatic rings. The Balaban J connectivity index is 1.79. The fraction of sp³-hybridized carbons (Fsp3) is 0.471. The van der Waals surface area contributed by atoms with Crippen LogP contribution in [0.2, 0.25) is 0 Å². The van der Waals surface area contributed by atoms with Gasteiger partial charge in [-0.3, -0.25) is 4.79 Å². The van der Waals surface area contributed by atoms with Gasteiger partial charge in [-0.15, -0.1) is 10.2 Å². The quantitative estimate of drug-likeness (QED) is 0.362. The summed E-state index contributed by atoms with van der Waals surface area (Å²) in [4.78, 5) is 12.6. The second-order valence-electron chi connectivity index (χ2n) is 5.50. The molecule has 1 aromatic carbocycles. The minimum Gasteiger partial charge on any atom is -0.382 e. The molecular weight excluding hydrogens is 426 g/mol. The first-order chi connectivity index (χ1) is 13.5. The molecule has 0 aliphatic heterocycles. The van der Waals surface area contributed by atoms with Gasteiger partial charge in [-0.2, -0.15) is 8.78 Å². The van der Waals surface area contributed by atoms with Gasteiger partial charge >= 0.3 is 0 Å². The van der Waals surface area contributed by atoms with E-state index in [4.69, 9.17) is 4.74 Å². The molecule has 2 rings (SSSR count). The Morgan fingerprint density at radius 1 is 1.25 bits per heavy atom. The highest BCUT2D eigenvalue weighted by Crippen LogP contribution is 2.31. The second kappa shape index (κ2) is 12.2. The van der Waals surface area contributed by atoms with E-state index in [1.807, 2.05) is 13.8 Å².